The van der Waals surface area contributed by atoms with E-state index >= 15 is 0 Å². The van der Waals surface area contributed by atoms with Crippen molar-refractivity contribution in [1.29, 1.82) is 0 Å². The SMILES string of the molecule is CCCCCC(CCCCC)CC(=O)OCCCCCCCCC(CCCCCCCCOC(=O)CC(CCCCC)CCCCC)OC(=O)CN(C)C. The van der Waals surface area contributed by atoms with Crippen molar-refractivity contribution >= 4 is 17.9 Å². The van der Waals surface area contributed by atoms with Crippen molar-refractivity contribution in [2.75, 3.05) is 33.9 Å². The van der Waals surface area contributed by atoms with Gasteiger partial charge < -0.3 is 14.2 Å². The Balaban J connectivity index is 4.20. The largest absolute Gasteiger partial charge is 0.466 e. The highest BCUT2D eigenvalue weighted by Crippen LogP contribution is 2.23. The summed E-state index contributed by atoms with van der Waals surface area (Å²) >= 11 is 0. The van der Waals surface area contributed by atoms with Gasteiger partial charge in [-0.25, -0.2) is 0 Å². The lowest BCUT2D eigenvalue weighted by atomic mass is 9.92. The van der Waals surface area contributed by atoms with E-state index in [4.69, 9.17) is 14.2 Å². The van der Waals surface area contributed by atoms with E-state index in [0.29, 0.717) is 44.4 Å². The molecule has 0 radical (unpaired) electrons. The quantitative estimate of drug-likeness (QED) is 0.0348. The molecular weight excluding hydrogens is 675 g/mol. The zero-order chi connectivity index (χ0) is 39.9. The average Bonchev–Trinajstić information content (AvgIpc) is 3.13. The first kappa shape index (κ1) is 52.4. The highest BCUT2D eigenvalue weighted by molar-refractivity contribution is 5.71. The molecule has 54 heavy (non-hydrogen) atoms. The molecule has 0 unspecified atom stereocenters. The van der Waals surface area contributed by atoms with Crippen LogP contribution in [-0.2, 0) is 28.6 Å². The van der Waals surface area contributed by atoms with Crippen molar-refractivity contribution in [3.63, 3.8) is 0 Å². The molecule has 0 saturated heterocycles. The molecule has 0 aliphatic rings. The Morgan fingerprint density at radius 3 is 1.06 bits per heavy atom. The van der Waals surface area contributed by atoms with Gasteiger partial charge in [-0.3, -0.25) is 19.3 Å². The monoisotopic (exact) mass is 766 g/mol. The third kappa shape index (κ3) is 36.0. The summed E-state index contributed by atoms with van der Waals surface area (Å²) in [6.45, 7) is 10.3. The lowest BCUT2D eigenvalue weighted by Crippen LogP contribution is -2.27. The average molecular weight is 766 g/mol. The summed E-state index contributed by atoms with van der Waals surface area (Å²) in [6, 6.07) is 0. The van der Waals surface area contributed by atoms with Gasteiger partial charge in [0.05, 0.1) is 19.8 Å². The van der Waals surface area contributed by atoms with Crippen LogP contribution in [0.3, 0.4) is 0 Å². The van der Waals surface area contributed by atoms with Gasteiger partial charge in [0, 0.05) is 12.8 Å². The van der Waals surface area contributed by atoms with Gasteiger partial charge in [-0.1, -0.05) is 156 Å². The maximum absolute atomic E-state index is 12.5. The Hall–Kier alpha value is -1.63. The third-order valence-electron chi connectivity index (χ3n) is 10.9. The number of carbonyl (C=O) groups excluding carboxylic acids is 3. The zero-order valence-corrected chi connectivity index (χ0v) is 36.9. The lowest BCUT2D eigenvalue weighted by Gasteiger charge is -2.19. The molecule has 7 heteroatoms. The van der Waals surface area contributed by atoms with Crippen LogP contribution in [0.2, 0.25) is 0 Å². The van der Waals surface area contributed by atoms with E-state index in [1.54, 1.807) is 0 Å². The highest BCUT2D eigenvalue weighted by atomic mass is 16.5. The molecule has 0 fully saturated rings. The summed E-state index contributed by atoms with van der Waals surface area (Å²) in [6.07, 6.45) is 35.6. The Kier molecular flexibility index (Phi) is 38.4. The van der Waals surface area contributed by atoms with Gasteiger partial charge in [-0.05, 0) is 90.1 Å². The van der Waals surface area contributed by atoms with Crippen molar-refractivity contribution < 1.29 is 28.6 Å². The second kappa shape index (κ2) is 39.6. The third-order valence-corrected chi connectivity index (χ3v) is 10.9. The maximum Gasteiger partial charge on any atom is 0.320 e. The molecular formula is C47H91NO6. The van der Waals surface area contributed by atoms with Crippen LogP contribution in [0.25, 0.3) is 0 Å². The lowest BCUT2D eigenvalue weighted by molar-refractivity contribution is -0.150. The van der Waals surface area contributed by atoms with Gasteiger partial charge in [-0.15, -0.1) is 0 Å². The summed E-state index contributed by atoms with van der Waals surface area (Å²) in [5.74, 6) is 0.832. The minimum atomic E-state index is -0.129. The normalized spacial score (nSPS) is 11.7. The van der Waals surface area contributed by atoms with E-state index in [1.165, 1.54) is 77.0 Å². The molecule has 320 valence electrons. The molecule has 7 nitrogen and oxygen atoms in total. The molecule has 0 spiro atoms. The minimum absolute atomic E-state index is 0.00295. The van der Waals surface area contributed by atoms with E-state index in [1.807, 2.05) is 19.0 Å². The van der Waals surface area contributed by atoms with E-state index < -0.39 is 0 Å². The van der Waals surface area contributed by atoms with E-state index in [-0.39, 0.29) is 24.0 Å². The number of rotatable bonds is 41. The van der Waals surface area contributed by atoms with Gasteiger partial charge in [-0.2, -0.15) is 0 Å². The number of likely N-dealkylation sites (N-methyl/N-ethyl adjacent to an activating group) is 1. The number of ether oxygens (including phenoxy) is 3. The molecule has 0 saturated carbocycles. The topological polar surface area (TPSA) is 82.1 Å². The van der Waals surface area contributed by atoms with Crippen LogP contribution in [0.5, 0.6) is 0 Å². The van der Waals surface area contributed by atoms with Crippen molar-refractivity contribution in [3.8, 4) is 0 Å². The molecule has 0 aromatic rings. The van der Waals surface area contributed by atoms with Gasteiger partial charge in [0.2, 0.25) is 0 Å². The smallest absolute Gasteiger partial charge is 0.320 e. The van der Waals surface area contributed by atoms with Crippen LogP contribution in [0.15, 0.2) is 0 Å². The molecule has 0 aromatic heterocycles. The second-order valence-corrected chi connectivity index (χ2v) is 16.7. The predicted molar refractivity (Wildman–Crippen MR) is 228 cm³/mol. The fourth-order valence-electron chi connectivity index (χ4n) is 7.50. The number of unbranched alkanes of at least 4 members (excludes halogenated alkanes) is 18. The van der Waals surface area contributed by atoms with Crippen LogP contribution in [0, 0.1) is 11.8 Å². The summed E-state index contributed by atoms with van der Waals surface area (Å²) < 4.78 is 17.2. The van der Waals surface area contributed by atoms with Crippen LogP contribution in [-0.4, -0.2) is 62.8 Å². The summed E-state index contributed by atoms with van der Waals surface area (Å²) in [4.78, 5) is 39.3. The standard InChI is InChI=1S/C47H91NO6/c1-7-11-23-31-42(32-24-12-8-2)39-45(49)52-37-29-21-17-15-19-27-35-44(54-47(51)41-48(5)6)36-28-20-16-18-22-30-38-53-46(50)40-43(33-25-13-9-3)34-26-14-10-4/h42-44H,7-41H2,1-6H3. The van der Waals surface area contributed by atoms with E-state index in [0.717, 1.165) is 116 Å². The molecule has 0 bridgehead atoms. The number of hydrogen-bond donors (Lipinski definition) is 0. The highest BCUT2D eigenvalue weighted by Gasteiger charge is 2.17. The van der Waals surface area contributed by atoms with Crippen molar-refractivity contribution in [1.82, 2.24) is 4.90 Å². The Labute approximate surface area is 335 Å². The summed E-state index contributed by atoms with van der Waals surface area (Å²) in [5, 5.41) is 0. The second-order valence-electron chi connectivity index (χ2n) is 16.7. The van der Waals surface area contributed by atoms with Gasteiger partial charge in [0.15, 0.2) is 0 Å². The van der Waals surface area contributed by atoms with Crippen molar-refractivity contribution in [3.05, 3.63) is 0 Å². The Morgan fingerprint density at radius 2 is 0.722 bits per heavy atom. The fraction of sp³-hybridized carbons (Fsp3) is 0.936. The first-order chi connectivity index (χ1) is 26.2. The Bertz CT molecular complexity index is 772. The first-order valence-corrected chi connectivity index (χ1v) is 23.4. The summed E-state index contributed by atoms with van der Waals surface area (Å²) in [5.41, 5.74) is 0. The van der Waals surface area contributed by atoms with Crippen LogP contribution in [0.1, 0.15) is 233 Å². The number of hydrogen-bond acceptors (Lipinski definition) is 7. The van der Waals surface area contributed by atoms with Crippen LogP contribution in [0.4, 0.5) is 0 Å². The molecule has 0 amide bonds. The number of carbonyl (C=O) groups is 3. The molecule has 0 aliphatic carbocycles. The van der Waals surface area contributed by atoms with Crippen molar-refractivity contribution in [2.24, 2.45) is 11.8 Å². The minimum Gasteiger partial charge on any atom is -0.466 e. The number of nitrogens with zero attached hydrogens (tertiary/aromatic N) is 1. The van der Waals surface area contributed by atoms with Gasteiger partial charge in [0.25, 0.3) is 0 Å². The number of esters is 3. The van der Waals surface area contributed by atoms with Crippen molar-refractivity contribution in [2.45, 2.75) is 239 Å². The maximum atomic E-state index is 12.5. The van der Waals surface area contributed by atoms with Crippen LogP contribution >= 0.6 is 0 Å². The molecule has 0 rings (SSSR count). The van der Waals surface area contributed by atoms with Crippen LogP contribution < -0.4 is 0 Å². The zero-order valence-electron chi connectivity index (χ0n) is 36.9. The van der Waals surface area contributed by atoms with Gasteiger partial charge in [0.1, 0.15) is 6.10 Å². The fourth-order valence-corrected chi connectivity index (χ4v) is 7.50. The molecule has 0 aliphatic heterocycles. The van der Waals surface area contributed by atoms with E-state index in [9.17, 15) is 14.4 Å². The molecule has 0 atom stereocenters. The van der Waals surface area contributed by atoms with E-state index in [2.05, 4.69) is 27.7 Å². The molecule has 0 aromatic carbocycles. The summed E-state index contributed by atoms with van der Waals surface area (Å²) in [7, 11) is 3.80. The Morgan fingerprint density at radius 1 is 0.407 bits per heavy atom. The molecule has 0 heterocycles. The van der Waals surface area contributed by atoms with Gasteiger partial charge >= 0.3 is 17.9 Å². The predicted octanol–water partition coefficient (Wildman–Crippen LogP) is 13.3. The molecule has 0 N–H and O–H groups in total. The first-order valence-electron chi connectivity index (χ1n) is 23.4.